The maximum absolute atomic E-state index is 4.43. The van der Waals surface area contributed by atoms with Gasteiger partial charge in [0.05, 0.1) is 5.69 Å². The predicted molar refractivity (Wildman–Crippen MR) is 73.3 cm³/mol. The van der Waals surface area contributed by atoms with Crippen molar-refractivity contribution in [2.45, 2.75) is 20.8 Å². The molecule has 90 valence electrons. The number of aryl methyl sites for hydroxylation is 1. The van der Waals surface area contributed by atoms with Crippen molar-refractivity contribution < 1.29 is 0 Å². The van der Waals surface area contributed by atoms with E-state index >= 15 is 0 Å². The second-order valence-electron chi connectivity index (χ2n) is 3.76. The monoisotopic (exact) mass is 248 g/mol. The number of rotatable bonds is 4. The normalized spacial score (nSPS) is 10.3. The van der Waals surface area contributed by atoms with Gasteiger partial charge < -0.3 is 10.6 Å². The molecule has 0 amide bonds. The van der Waals surface area contributed by atoms with E-state index in [4.69, 9.17) is 0 Å². The fourth-order valence-corrected chi connectivity index (χ4v) is 2.15. The van der Waals surface area contributed by atoms with Gasteiger partial charge in [-0.2, -0.15) is 11.3 Å². The van der Waals surface area contributed by atoms with E-state index in [1.807, 2.05) is 25.3 Å². The number of nitrogens with one attached hydrogen (secondary N) is 2. The summed E-state index contributed by atoms with van der Waals surface area (Å²) in [4.78, 5) is 8.83. The fourth-order valence-electron chi connectivity index (χ4n) is 1.56. The van der Waals surface area contributed by atoms with Gasteiger partial charge in [0.1, 0.15) is 17.5 Å². The molecule has 4 nitrogen and oxygen atoms in total. The average Bonchev–Trinajstić information content (AvgIpc) is 2.78. The largest absolute Gasteiger partial charge is 0.370 e. The molecular formula is C12H16N4S. The molecule has 2 N–H and O–H groups in total. The smallest absolute Gasteiger partial charge is 0.139 e. The minimum Gasteiger partial charge on any atom is -0.370 e. The molecule has 0 radical (unpaired) electrons. The molecule has 0 aliphatic heterocycles. The molecule has 2 heterocycles. The number of thiophene rings is 1. The van der Waals surface area contributed by atoms with Crippen LogP contribution in [0.4, 0.5) is 17.3 Å². The Bertz CT molecular complexity index is 493. The third-order valence-electron chi connectivity index (χ3n) is 2.39. The first-order chi connectivity index (χ1) is 8.20. The molecule has 2 aromatic heterocycles. The van der Waals surface area contributed by atoms with E-state index in [2.05, 4.69) is 32.9 Å². The first kappa shape index (κ1) is 11.9. The Morgan fingerprint density at radius 3 is 2.65 bits per heavy atom. The van der Waals surface area contributed by atoms with Gasteiger partial charge in [-0.15, -0.1) is 0 Å². The molecule has 0 saturated carbocycles. The van der Waals surface area contributed by atoms with Crippen molar-refractivity contribution in [3.8, 4) is 0 Å². The molecule has 5 heteroatoms. The Hall–Kier alpha value is -1.62. The second-order valence-corrected chi connectivity index (χ2v) is 4.54. The van der Waals surface area contributed by atoms with Gasteiger partial charge in [-0.25, -0.2) is 9.97 Å². The molecule has 17 heavy (non-hydrogen) atoms. The molecule has 2 rings (SSSR count). The Balaban J connectivity index is 2.32. The molecule has 0 spiro atoms. The third kappa shape index (κ3) is 2.74. The lowest BCUT2D eigenvalue weighted by atomic mass is 10.3. The summed E-state index contributed by atoms with van der Waals surface area (Å²) in [7, 11) is 0. The molecule has 2 aromatic rings. The number of anilines is 3. The van der Waals surface area contributed by atoms with Crippen LogP contribution in [0.3, 0.4) is 0 Å². The number of aromatic nitrogens is 2. The van der Waals surface area contributed by atoms with Gasteiger partial charge in [0.25, 0.3) is 0 Å². The number of hydrogen-bond donors (Lipinski definition) is 2. The maximum atomic E-state index is 4.43. The van der Waals surface area contributed by atoms with Crippen molar-refractivity contribution in [2.75, 3.05) is 17.2 Å². The second kappa shape index (κ2) is 5.14. The van der Waals surface area contributed by atoms with Crippen LogP contribution < -0.4 is 10.6 Å². The summed E-state index contributed by atoms with van der Waals surface area (Å²) < 4.78 is 0. The summed E-state index contributed by atoms with van der Waals surface area (Å²) in [5.41, 5.74) is 2.11. The third-order valence-corrected chi connectivity index (χ3v) is 3.07. The van der Waals surface area contributed by atoms with E-state index in [-0.39, 0.29) is 0 Å². The summed E-state index contributed by atoms with van der Waals surface area (Å²) in [6, 6.07) is 2.04. The lowest BCUT2D eigenvalue weighted by molar-refractivity contribution is 1.02. The van der Waals surface area contributed by atoms with Gasteiger partial charge in [-0.3, -0.25) is 0 Å². The fraction of sp³-hybridized carbons (Fsp3) is 0.333. The van der Waals surface area contributed by atoms with Gasteiger partial charge in [0, 0.05) is 17.5 Å². The highest BCUT2D eigenvalue weighted by Gasteiger charge is 2.08. The molecule has 0 bridgehead atoms. The molecule has 0 aliphatic rings. The Kier molecular flexibility index (Phi) is 3.58. The zero-order chi connectivity index (χ0) is 12.3. The van der Waals surface area contributed by atoms with E-state index in [1.165, 1.54) is 0 Å². The Morgan fingerprint density at radius 2 is 2.00 bits per heavy atom. The lowest BCUT2D eigenvalue weighted by Crippen LogP contribution is -2.07. The van der Waals surface area contributed by atoms with Gasteiger partial charge in [0.15, 0.2) is 0 Å². The van der Waals surface area contributed by atoms with Crippen LogP contribution in [0.2, 0.25) is 0 Å². The van der Waals surface area contributed by atoms with Gasteiger partial charge in [0.2, 0.25) is 0 Å². The van der Waals surface area contributed by atoms with E-state index < -0.39 is 0 Å². The predicted octanol–water partition coefficient (Wildman–Crippen LogP) is 3.33. The number of hydrogen-bond acceptors (Lipinski definition) is 5. The first-order valence-corrected chi connectivity index (χ1v) is 6.53. The van der Waals surface area contributed by atoms with Gasteiger partial charge >= 0.3 is 0 Å². The van der Waals surface area contributed by atoms with Gasteiger partial charge in [-0.1, -0.05) is 0 Å². The molecule has 0 aliphatic carbocycles. The minimum absolute atomic E-state index is 0.768. The topological polar surface area (TPSA) is 49.8 Å². The Morgan fingerprint density at radius 1 is 1.24 bits per heavy atom. The first-order valence-electron chi connectivity index (χ1n) is 5.59. The Labute approximate surface area is 105 Å². The average molecular weight is 248 g/mol. The minimum atomic E-state index is 0.768. The summed E-state index contributed by atoms with van der Waals surface area (Å²) in [6.07, 6.45) is 0. The van der Waals surface area contributed by atoms with Crippen molar-refractivity contribution in [2.24, 2.45) is 0 Å². The molecule has 0 atom stereocenters. The van der Waals surface area contributed by atoms with E-state index in [1.54, 1.807) is 11.3 Å². The number of nitrogens with zero attached hydrogens (tertiary/aromatic N) is 2. The molecular weight excluding hydrogens is 232 g/mol. The van der Waals surface area contributed by atoms with Crippen LogP contribution >= 0.6 is 11.3 Å². The summed E-state index contributed by atoms with van der Waals surface area (Å²) in [5, 5.41) is 10.7. The van der Waals surface area contributed by atoms with E-state index in [9.17, 15) is 0 Å². The van der Waals surface area contributed by atoms with Crippen LogP contribution in [0.25, 0.3) is 0 Å². The van der Waals surface area contributed by atoms with Crippen molar-refractivity contribution in [1.29, 1.82) is 0 Å². The highest BCUT2D eigenvalue weighted by Crippen LogP contribution is 2.24. The summed E-state index contributed by atoms with van der Waals surface area (Å²) in [6.45, 7) is 6.84. The molecule has 0 unspecified atom stereocenters. The van der Waals surface area contributed by atoms with E-state index in [0.717, 1.165) is 35.3 Å². The van der Waals surface area contributed by atoms with Crippen molar-refractivity contribution in [1.82, 2.24) is 9.97 Å². The van der Waals surface area contributed by atoms with Crippen molar-refractivity contribution >= 4 is 28.7 Å². The summed E-state index contributed by atoms with van der Waals surface area (Å²) in [5.74, 6) is 2.54. The highest BCUT2D eigenvalue weighted by atomic mass is 32.1. The summed E-state index contributed by atoms with van der Waals surface area (Å²) >= 11 is 1.66. The van der Waals surface area contributed by atoms with Crippen LogP contribution in [-0.2, 0) is 0 Å². The standard InChI is InChI=1S/C12H16N4S/c1-4-13-11-8(2)12(15-9(3)14-11)16-10-5-6-17-7-10/h5-7H,4H2,1-3H3,(H2,13,14,15,16). The zero-order valence-electron chi connectivity index (χ0n) is 10.2. The molecule has 0 fully saturated rings. The zero-order valence-corrected chi connectivity index (χ0v) is 11.1. The highest BCUT2D eigenvalue weighted by molar-refractivity contribution is 7.08. The van der Waals surface area contributed by atoms with Crippen LogP contribution in [0.1, 0.15) is 18.3 Å². The van der Waals surface area contributed by atoms with Crippen LogP contribution in [-0.4, -0.2) is 16.5 Å². The maximum Gasteiger partial charge on any atom is 0.139 e. The van der Waals surface area contributed by atoms with Crippen LogP contribution in [0.15, 0.2) is 16.8 Å². The van der Waals surface area contributed by atoms with Crippen molar-refractivity contribution in [3.63, 3.8) is 0 Å². The quantitative estimate of drug-likeness (QED) is 0.871. The SMILES string of the molecule is CCNc1nc(C)nc(Nc2ccsc2)c1C. The van der Waals surface area contributed by atoms with Crippen molar-refractivity contribution in [3.05, 3.63) is 28.2 Å². The van der Waals surface area contributed by atoms with Crippen LogP contribution in [0, 0.1) is 13.8 Å². The van der Waals surface area contributed by atoms with Gasteiger partial charge in [-0.05, 0) is 32.2 Å². The van der Waals surface area contributed by atoms with Crippen LogP contribution in [0.5, 0.6) is 0 Å². The van der Waals surface area contributed by atoms with E-state index in [0.29, 0.717) is 0 Å². The molecule has 0 aromatic carbocycles. The lowest BCUT2D eigenvalue weighted by Gasteiger charge is -2.12. The molecule has 0 saturated heterocycles.